The van der Waals surface area contributed by atoms with Crippen LogP contribution in [0.5, 0.6) is 5.75 Å². The second kappa shape index (κ2) is 3.50. The Balaban J connectivity index is 2.35. The second-order valence-electron chi connectivity index (χ2n) is 3.98. The van der Waals surface area contributed by atoms with Crippen molar-refractivity contribution in [2.45, 2.75) is 24.2 Å². The molecule has 0 aliphatic heterocycles. The fraction of sp³-hybridized carbons (Fsp3) is 0.400. The molecule has 1 aromatic rings. The summed E-state index contributed by atoms with van der Waals surface area (Å²) in [5.74, 6) is 0.737. The van der Waals surface area contributed by atoms with E-state index in [0.717, 1.165) is 19.3 Å². The monoisotopic (exact) mass is 227 g/mol. The summed E-state index contributed by atoms with van der Waals surface area (Å²) in [6.45, 7) is 0. The van der Waals surface area contributed by atoms with Crippen molar-refractivity contribution in [3.63, 3.8) is 0 Å². The Kier molecular flexibility index (Phi) is 2.44. The molecule has 0 spiro atoms. The maximum absolute atomic E-state index is 11.1. The average Bonchev–Trinajstić information content (AvgIpc) is 2.90. The van der Waals surface area contributed by atoms with Crippen molar-refractivity contribution >= 4 is 10.0 Å². The fourth-order valence-electron chi connectivity index (χ4n) is 1.54. The summed E-state index contributed by atoms with van der Waals surface area (Å²) in [4.78, 5) is 0.0657. The number of phenolic OH excluding ortho intramolecular Hbond substituents is 1. The van der Waals surface area contributed by atoms with Crippen LogP contribution in [0.1, 0.15) is 18.4 Å². The highest BCUT2D eigenvalue weighted by Gasteiger charge is 2.23. The van der Waals surface area contributed by atoms with Gasteiger partial charge in [-0.25, -0.2) is 13.6 Å². The predicted molar refractivity (Wildman–Crippen MR) is 55.9 cm³/mol. The van der Waals surface area contributed by atoms with Crippen molar-refractivity contribution < 1.29 is 13.5 Å². The molecular weight excluding hydrogens is 214 g/mol. The minimum absolute atomic E-state index is 0.0657. The van der Waals surface area contributed by atoms with Crippen LogP contribution in [0.25, 0.3) is 0 Å². The van der Waals surface area contributed by atoms with E-state index < -0.39 is 10.0 Å². The van der Waals surface area contributed by atoms with Crippen LogP contribution in [0.3, 0.4) is 0 Å². The smallest absolute Gasteiger partial charge is 0.238 e. The van der Waals surface area contributed by atoms with Gasteiger partial charge < -0.3 is 5.11 Å². The molecule has 1 aromatic carbocycles. The lowest BCUT2D eigenvalue weighted by Gasteiger charge is -2.05. The first kappa shape index (κ1) is 10.4. The molecule has 1 aliphatic rings. The van der Waals surface area contributed by atoms with Crippen LogP contribution in [0, 0.1) is 5.92 Å². The van der Waals surface area contributed by atoms with Gasteiger partial charge in [-0.05, 0) is 48.9 Å². The van der Waals surface area contributed by atoms with Gasteiger partial charge in [0.1, 0.15) is 5.75 Å². The standard InChI is InChI=1S/C10H13NO3S/c11-15(13,14)9-3-4-10(12)8(6-9)5-7-1-2-7/h3-4,6-7,12H,1-2,5H2,(H2,11,13,14). The lowest BCUT2D eigenvalue weighted by atomic mass is 10.1. The van der Waals surface area contributed by atoms with E-state index in [1.807, 2.05) is 0 Å². The molecule has 0 aromatic heterocycles. The fourth-order valence-corrected chi connectivity index (χ4v) is 2.10. The summed E-state index contributed by atoms with van der Waals surface area (Å²) in [5, 5.41) is 14.6. The topological polar surface area (TPSA) is 80.4 Å². The zero-order valence-electron chi connectivity index (χ0n) is 8.18. The third kappa shape index (κ3) is 2.49. The van der Waals surface area contributed by atoms with Crippen molar-refractivity contribution in [2.24, 2.45) is 11.1 Å². The van der Waals surface area contributed by atoms with Gasteiger partial charge in [0.25, 0.3) is 0 Å². The average molecular weight is 227 g/mol. The number of aromatic hydroxyl groups is 1. The first-order chi connectivity index (χ1) is 6.97. The van der Waals surface area contributed by atoms with Crippen LogP contribution in [0.4, 0.5) is 0 Å². The molecule has 0 heterocycles. The van der Waals surface area contributed by atoms with Crippen LogP contribution >= 0.6 is 0 Å². The molecule has 0 unspecified atom stereocenters. The lowest BCUT2D eigenvalue weighted by Crippen LogP contribution is -2.12. The largest absolute Gasteiger partial charge is 0.508 e. The Morgan fingerprint density at radius 3 is 2.60 bits per heavy atom. The first-order valence-electron chi connectivity index (χ1n) is 4.81. The molecule has 82 valence electrons. The summed E-state index contributed by atoms with van der Waals surface area (Å²) < 4.78 is 22.2. The third-order valence-corrected chi connectivity index (χ3v) is 3.50. The van der Waals surface area contributed by atoms with E-state index in [-0.39, 0.29) is 10.6 Å². The number of sulfonamides is 1. The number of nitrogens with two attached hydrogens (primary N) is 1. The van der Waals surface area contributed by atoms with Gasteiger partial charge in [0.2, 0.25) is 10.0 Å². The number of hydrogen-bond donors (Lipinski definition) is 2. The zero-order chi connectivity index (χ0) is 11.1. The van der Waals surface area contributed by atoms with Gasteiger partial charge in [0, 0.05) is 0 Å². The maximum Gasteiger partial charge on any atom is 0.238 e. The predicted octanol–water partition coefficient (Wildman–Crippen LogP) is 0.992. The number of hydrogen-bond acceptors (Lipinski definition) is 3. The van der Waals surface area contributed by atoms with E-state index in [4.69, 9.17) is 5.14 Å². The molecule has 15 heavy (non-hydrogen) atoms. The Labute approximate surface area is 88.8 Å². The summed E-state index contributed by atoms with van der Waals surface area (Å²) in [7, 11) is -3.67. The Bertz CT molecular complexity index is 477. The van der Waals surface area contributed by atoms with Crippen LogP contribution < -0.4 is 5.14 Å². The van der Waals surface area contributed by atoms with Crippen molar-refractivity contribution in [2.75, 3.05) is 0 Å². The molecule has 0 radical (unpaired) electrons. The van der Waals surface area contributed by atoms with Gasteiger partial charge in [0.15, 0.2) is 0 Å². The van der Waals surface area contributed by atoms with E-state index in [9.17, 15) is 13.5 Å². The van der Waals surface area contributed by atoms with Crippen LogP contribution in [0.2, 0.25) is 0 Å². The van der Waals surface area contributed by atoms with E-state index in [0.29, 0.717) is 11.5 Å². The molecule has 1 fully saturated rings. The summed E-state index contributed by atoms with van der Waals surface area (Å²) in [5.41, 5.74) is 0.670. The van der Waals surface area contributed by atoms with Crippen LogP contribution in [-0.4, -0.2) is 13.5 Å². The van der Waals surface area contributed by atoms with Crippen molar-refractivity contribution in [3.05, 3.63) is 23.8 Å². The third-order valence-electron chi connectivity index (χ3n) is 2.59. The summed E-state index contributed by atoms with van der Waals surface area (Å²) >= 11 is 0. The molecule has 0 amide bonds. The molecule has 0 atom stereocenters. The summed E-state index contributed by atoms with van der Waals surface area (Å²) in [6.07, 6.45) is 3.03. The second-order valence-corrected chi connectivity index (χ2v) is 5.54. The summed E-state index contributed by atoms with van der Waals surface area (Å²) in [6, 6.07) is 4.17. The highest BCUT2D eigenvalue weighted by Crippen LogP contribution is 2.35. The quantitative estimate of drug-likeness (QED) is 0.808. The van der Waals surface area contributed by atoms with E-state index in [1.54, 1.807) is 0 Å². The Hall–Kier alpha value is -1.07. The van der Waals surface area contributed by atoms with Gasteiger partial charge in [-0.1, -0.05) is 0 Å². The minimum atomic E-state index is -3.67. The van der Waals surface area contributed by atoms with Gasteiger partial charge >= 0.3 is 0 Å². The molecule has 2 rings (SSSR count). The van der Waals surface area contributed by atoms with E-state index >= 15 is 0 Å². The molecule has 5 heteroatoms. The molecule has 0 bridgehead atoms. The highest BCUT2D eigenvalue weighted by atomic mass is 32.2. The van der Waals surface area contributed by atoms with Crippen molar-refractivity contribution in [3.8, 4) is 5.75 Å². The minimum Gasteiger partial charge on any atom is -0.508 e. The number of primary sulfonamides is 1. The molecule has 1 saturated carbocycles. The van der Waals surface area contributed by atoms with E-state index in [1.165, 1.54) is 18.2 Å². The van der Waals surface area contributed by atoms with Gasteiger partial charge in [-0.15, -0.1) is 0 Å². The van der Waals surface area contributed by atoms with Crippen LogP contribution in [0.15, 0.2) is 23.1 Å². The van der Waals surface area contributed by atoms with Crippen molar-refractivity contribution in [1.82, 2.24) is 0 Å². The number of benzene rings is 1. The Morgan fingerprint density at radius 1 is 1.40 bits per heavy atom. The first-order valence-corrected chi connectivity index (χ1v) is 6.36. The molecule has 3 N–H and O–H groups in total. The molecule has 1 aliphatic carbocycles. The van der Waals surface area contributed by atoms with Gasteiger partial charge in [-0.2, -0.15) is 0 Å². The van der Waals surface area contributed by atoms with Crippen molar-refractivity contribution in [1.29, 1.82) is 0 Å². The van der Waals surface area contributed by atoms with Crippen LogP contribution in [-0.2, 0) is 16.4 Å². The highest BCUT2D eigenvalue weighted by molar-refractivity contribution is 7.89. The Morgan fingerprint density at radius 2 is 2.07 bits per heavy atom. The number of rotatable bonds is 3. The maximum atomic E-state index is 11.1. The van der Waals surface area contributed by atoms with Gasteiger partial charge in [-0.3, -0.25) is 0 Å². The SMILES string of the molecule is NS(=O)(=O)c1ccc(O)c(CC2CC2)c1. The molecular formula is C10H13NO3S. The molecule has 0 saturated heterocycles. The molecule has 4 nitrogen and oxygen atoms in total. The van der Waals surface area contributed by atoms with Gasteiger partial charge in [0.05, 0.1) is 4.90 Å². The van der Waals surface area contributed by atoms with E-state index in [2.05, 4.69) is 0 Å². The lowest BCUT2D eigenvalue weighted by molar-refractivity contribution is 0.465. The zero-order valence-corrected chi connectivity index (χ0v) is 9.00. The normalized spacial score (nSPS) is 16.6. The number of phenols is 1.